The van der Waals surface area contributed by atoms with Crippen LogP contribution in [0.4, 0.5) is 0 Å². The van der Waals surface area contributed by atoms with Crippen molar-refractivity contribution in [2.45, 2.75) is 51.7 Å². The molecule has 0 aliphatic rings. The van der Waals surface area contributed by atoms with Gasteiger partial charge in [0.15, 0.2) is 0 Å². The van der Waals surface area contributed by atoms with E-state index in [1.165, 1.54) is 0 Å². The molecule has 0 bridgehead atoms. The van der Waals surface area contributed by atoms with E-state index in [4.69, 9.17) is 10.2 Å². The van der Waals surface area contributed by atoms with Crippen LogP contribution in [-0.2, 0) is 10.2 Å². The summed E-state index contributed by atoms with van der Waals surface area (Å²) < 4.78 is 6.39. The lowest BCUT2D eigenvalue weighted by Crippen LogP contribution is -2.22. The molecule has 0 saturated heterocycles. The van der Waals surface area contributed by atoms with Crippen molar-refractivity contribution in [1.82, 2.24) is 0 Å². The minimum absolute atomic E-state index is 0.0996. The monoisotopic (exact) mass is 371 g/mol. The summed E-state index contributed by atoms with van der Waals surface area (Å²) in [7, 11) is -1.39. The first kappa shape index (κ1) is 20.2. The number of rotatable bonds is 6. The van der Waals surface area contributed by atoms with E-state index >= 15 is 0 Å². The van der Waals surface area contributed by atoms with Crippen molar-refractivity contribution < 1.29 is 14.3 Å². The van der Waals surface area contributed by atoms with Crippen molar-refractivity contribution in [3.8, 4) is 16.9 Å². The number of carboxylic acid groups (broad SMARTS) is 1. The minimum Gasteiger partial charge on any atom is -0.546 e. The van der Waals surface area contributed by atoms with Crippen LogP contribution < -0.4 is 10.2 Å². The number of hydrogen-bond acceptors (Lipinski definition) is 3. The van der Waals surface area contributed by atoms with Crippen LogP contribution >= 0.6 is 0 Å². The predicted octanol–water partition coefficient (Wildman–Crippen LogP) is 4.49. The molecule has 0 amide bonds. The second-order valence-corrected chi connectivity index (χ2v) is 10.2. The molecule has 1 atom stereocenters. The molecule has 0 saturated carbocycles. The van der Waals surface area contributed by atoms with Gasteiger partial charge < -0.3 is 15.3 Å². The molecule has 0 aliphatic heterocycles. The van der Waals surface area contributed by atoms with E-state index in [-0.39, 0.29) is 11.8 Å². The molecule has 2 rings (SSSR count). The fraction of sp³-hybridized carbons (Fsp3) is 0.381. The first-order valence-corrected chi connectivity index (χ1v) is 11.8. The van der Waals surface area contributed by atoms with E-state index in [0.29, 0.717) is 0 Å². The summed E-state index contributed by atoms with van der Waals surface area (Å²) in [6, 6.07) is 13.4. The molecule has 4 nitrogen and oxygen atoms in total. The largest absolute Gasteiger partial charge is 0.546 e. The third-order valence-corrected chi connectivity index (χ3v) is 4.92. The van der Waals surface area contributed by atoms with Gasteiger partial charge in [0.2, 0.25) is 9.04 Å². The van der Waals surface area contributed by atoms with Crippen LogP contribution in [0.2, 0.25) is 13.1 Å². The van der Waals surface area contributed by atoms with Crippen molar-refractivity contribution in [1.29, 1.82) is 0 Å². The van der Waals surface area contributed by atoms with Gasteiger partial charge in [0.25, 0.3) is 0 Å². The van der Waals surface area contributed by atoms with E-state index in [1.54, 1.807) is 0 Å². The van der Waals surface area contributed by atoms with Crippen molar-refractivity contribution in [3.05, 3.63) is 53.6 Å². The molecule has 0 spiro atoms. The average molecular weight is 372 g/mol. The molecule has 5 heteroatoms. The molecule has 2 aromatic rings. The Bertz CT molecular complexity index is 767. The Balaban J connectivity index is 2.79. The highest BCUT2D eigenvalue weighted by molar-refractivity contribution is 6.49. The molecule has 2 aromatic carbocycles. The Morgan fingerprint density at radius 2 is 1.77 bits per heavy atom. The van der Waals surface area contributed by atoms with Gasteiger partial charge in [0, 0.05) is 11.6 Å². The zero-order valence-corrected chi connectivity index (χ0v) is 17.4. The molecular formula is C21H29NO3Si. The van der Waals surface area contributed by atoms with Gasteiger partial charge in [0.1, 0.15) is 5.75 Å². The van der Waals surface area contributed by atoms with Gasteiger partial charge in [-0.3, -0.25) is 4.79 Å². The molecule has 140 valence electrons. The van der Waals surface area contributed by atoms with Crippen molar-refractivity contribution in [2.24, 2.45) is 5.73 Å². The quantitative estimate of drug-likeness (QED) is 0.734. The smallest absolute Gasteiger partial charge is 0.305 e. The summed E-state index contributed by atoms with van der Waals surface area (Å²) in [4.78, 5) is 11.2. The van der Waals surface area contributed by atoms with Crippen LogP contribution in [0.3, 0.4) is 0 Å². The van der Waals surface area contributed by atoms with Crippen LogP contribution in [-0.4, -0.2) is 20.1 Å². The number of aliphatic carboxylic acids is 1. The normalized spacial score (nSPS) is 12.9. The Kier molecular flexibility index (Phi) is 6.26. The number of hydrogen-bond donors (Lipinski definition) is 2. The molecule has 0 aliphatic carbocycles. The number of carbonyl (C=O) groups is 1. The summed E-state index contributed by atoms with van der Waals surface area (Å²) in [5.74, 6) is -0.0548. The zero-order valence-electron chi connectivity index (χ0n) is 16.2. The maximum atomic E-state index is 11.2. The van der Waals surface area contributed by atoms with E-state index in [2.05, 4.69) is 33.9 Å². The van der Waals surface area contributed by atoms with Crippen LogP contribution in [0.15, 0.2) is 42.5 Å². The maximum Gasteiger partial charge on any atom is 0.305 e. The summed E-state index contributed by atoms with van der Waals surface area (Å²) in [5.41, 5.74) is 10.0. The van der Waals surface area contributed by atoms with E-state index < -0.39 is 21.1 Å². The molecule has 0 fully saturated rings. The fourth-order valence-corrected chi connectivity index (χ4v) is 3.77. The second kappa shape index (κ2) is 8.06. The molecule has 0 unspecified atom stereocenters. The first-order chi connectivity index (χ1) is 12.1. The lowest BCUT2D eigenvalue weighted by atomic mass is 9.81. The lowest BCUT2D eigenvalue weighted by molar-refractivity contribution is -0.137. The Hall–Kier alpha value is -2.11. The summed E-state index contributed by atoms with van der Waals surface area (Å²) >= 11 is 0. The second-order valence-electron chi connectivity index (χ2n) is 7.89. The molecule has 0 heterocycles. The first-order valence-electron chi connectivity index (χ1n) is 8.98. The molecular weight excluding hydrogens is 342 g/mol. The van der Waals surface area contributed by atoms with Gasteiger partial charge in [-0.05, 0) is 35.2 Å². The Morgan fingerprint density at radius 3 is 2.27 bits per heavy atom. The fourth-order valence-electron chi connectivity index (χ4n) is 3.06. The molecule has 0 aromatic heterocycles. The molecule has 3 N–H and O–H groups in total. The topological polar surface area (TPSA) is 72.5 Å². The van der Waals surface area contributed by atoms with Crippen LogP contribution in [0.5, 0.6) is 5.75 Å². The predicted molar refractivity (Wildman–Crippen MR) is 109 cm³/mol. The van der Waals surface area contributed by atoms with Crippen LogP contribution in [0.1, 0.15) is 44.4 Å². The number of carboxylic acids is 1. The molecule has 26 heavy (non-hydrogen) atoms. The van der Waals surface area contributed by atoms with E-state index in [9.17, 15) is 9.90 Å². The summed E-state index contributed by atoms with van der Waals surface area (Å²) in [6.07, 6.45) is -0.118. The number of benzene rings is 2. The summed E-state index contributed by atoms with van der Waals surface area (Å²) in [5, 5.41) is 9.20. The highest BCUT2D eigenvalue weighted by atomic mass is 28.3. The summed E-state index contributed by atoms with van der Waals surface area (Å²) in [6.45, 7) is 10.7. The average Bonchev–Trinajstić information content (AvgIpc) is 2.52. The van der Waals surface area contributed by atoms with Gasteiger partial charge in [-0.2, -0.15) is 0 Å². The SMILES string of the molecule is C[SiH](C)Oc1c(C(C)(C)C)ccc([C@H](N)CC(=O)O)c1-c1ccccc1. The Labute approximate surface area is 157 Å². The van der Waals surface area contributed by atoms with Crippen LogP contribution in [0.25, 0.3) is 11.1 Å². The van der Waals surface area contributed by atoms with Gasteiger partial charge in [-0.1, -0.05) is 63.2 Å². The van der Waals surface area contributed by atoms with Crippen LogP contribution in [0, 0.1) is 0 Å². The van der Waals surface area contributed by atoms with Gasteiger partial charge in [-0.15, -0.1) is 0 Å². The van der Waals surface area contributed by atoms with Gasteiger partial charge in [0.05, 0.1) is 6.42 Å². The highest BCUT2D eigenvalue weighted by Gasteiger charge is 2.27. The minimum atomic E-state index is -1.39. The lowest BCUT2D eigenvalue weighted by Gasteiger charge is -2.29. The van der Waals surface area contributed by atoms with E-state index in [0.717, 1.165) is 28.0 Å². The zero-order chi connectivity index (χ0) is 19.5. The Morgan fingerprint density at radius 1 is 1.15 bits per heavy atom. The van der Waals surface area contributed by atoms with Crippen molar-refractivity contribution >= 4 is 15.0 Å². The standard InChI is InChI=1S/C21H29NO3Si/c1-21(2,3)16-12-11-15(17(22)13-18(23)24)19(20(16)25-26(4)5)14-9-7-6-8-10-14/h6-12,17,26H,13,22H2,1-5H3,(H,23,24)/t17-/m1/s1. The van der Waals surface area contributed by atoms with Crippen molar-refractivity contribution in [2.75, 3.05) is 0 Å². The number of nitrogens with two attached hydrogens (primary N) is 1. The van der Waals surface area contributed by atoms with Gasteiger partial charge >= 0.3 is 5.97 Å². The third-order valence-electron chi connectivity index (χ3n) is 4.21. The van der Waals surface area contributed by atoms with E-state index in [1.807, 2.05) is 42.5 Å². The van der Waals surface area contributed by atoms with Crippen molar-refractivity contribution in [3.63, 3.8) is 0 Å². The van der Waals surface area contributed by atoms with Gasteiger partial charge in [-0.25, -0.2) is 0 Å². The maximum absolute atomic E-state index is 11.2. The molecule has 0 radical (unpaired) electrons. The third kappa shape index (κ3) is 4.74. The highest BCUT2D eigenvalue weighted by Crippen LogP contribution is 2.43.